The molecule has 0 N–H and O–H groups in total. The molecule has 1 aromatic heterocycles. The number of para-hydroxylation sites is 1. The number of nitrogens with zero attached hydrogens (tertiary/aromatic N) is 4. The van der Waals surface area contributed by atoms with Crippen LogP contribution in [0.2, 0.25) is 0 Å². The highest BCUT2D eigenvalue weighted by Gasteiger charge is 2.27. The second-order valence-corrected chi connectivity index (χ2v) is 7.37. The number of halogens is 1. The lowest BCUT2D eigenvalue weighted by Gasteiger charge is -2.21. The van der Waals surface area contributed by atoms with E-state index in [-0.39, 0.29) is 23.7 Å². The van der Waals surface area contributed by atoms with Crippen molar-refractivity contribution in [2.75, 3.05) is 39.2 Å². The zero-order chi connectivity index (χ0) is 20.3. The Morgan fingerprint density at radius 1 is 1.21 bits per heavy atom. The van der Waals surface area contributed by atoms with Gasteiger partial charge in [-0.2, -0.15) is 0 Å². The van der Waals surface area contributed by atoms with Gasteiger partial charge in [0.1, 0.15) is 11.3 Å². The van der Waals surface area contributed by atoms with Crippen LogP contribution in [0, 0.1) is 10.1 Å². The quantitative estimate of drug-likeness (QED) is 0.413. The van der Waals surface area contributed by atoms with Crippen molar-refractivity contribution < 1.29 is 14.5 Å². The van der Waals surface area contributed by atoms with Crippen LogP contribution in [-0.2, 0) is 0 Å². The van der Waals surface area contributed by atoms with E-state index in [0.717, 1.165) is 10.2 Å². The first kappa shape index (κ1) is 22.5. The average Bonchev–Trinajstić information content (AvgIpc) is 3.10. The molecule has 0 bridgehead atoms. The van der Waals surface area contributed by atoms with Crippen molar-refractivity contribution in [2.45, 2.75) is 0 Å². The lowest BCUT2D eigenvalue weighted by molar-refractivity contribution is -0.385. The highest BCUT2D eigenvalue weighted by Crippen LogP contribution is 2.33. The molecule has 154 valence electrons. The van der Waals surface area contributed by atoms with E-state index in [1.807, 2.05) is 31.1 Å². The fraction of sp³-hybridized carbons (Fsp3) is 0.263. The minimum absolute atomic E-state index is 0. The van der Waals surface area contributed by atoms with Crippen molar-refractivity contribution in [3.63, 3.8) is 0 Å². The highest BCUT2D eigenvalue weighted by atomic mass is 35.5. The fourth-order valence-electron chi connectivity index (χ4n) is 2.68. The highest BCUT2D eigenvalue weighted by molar-refractivity contribution is 7.22. The van der Waals surface area contributed by atoms with E-state index in [1.54, 1.807) is 25.3 Å². The molecule has 3 aromatic rings. The standard InChI is InChI=1S/C19H20N4O4S.ClH/c1-21(2)10-11-22(18(24)14-6-4-5-7-16(14)23(25)26)19-20-15-9-8-13(27-3)12-17(15)28-19;/h4-9,12H,10-11H2,1-3H3;1H. The maximum absolute atomic E-state index is 13.2. The van der Waals surface area contributed by atoms with Crippen LogP contribution in [-0.4, -0.2) is 55.0 Å². The van der Waals surface area contributed by atoms with Crippen LogP contribution in [0.25, 0.3) is 10.2 Å². The molecular weight excluding hydrogens is 416 g/mol. The van der Waals surface area contributed by atoms with Gasteiger partial charge in [0.05, 0.1) is 22.2 Å². The summed E-state index contributed by atoms with van der Waals surface area (Å²) >= 11 is 1.35. The van der Waals surface area contributed by atoms with Crippen molar-refractivity contribution in [1.82, 2.24) is 9.88 Å². The number of nitro benzene ring substituents is 1. The van der Waals surface area contributed by atoms with Crippen LogP contribution in [0.1, 0.15) is 10.4 Å². The molecule has 29 heavy (non-hydrogen) atoms. The van der Waals surface area contributed by atoms with Crippen molar-refractivity contribution in [1.29, 1.82) is 0 Å². The second-order valence-electron chi connectivity index (χ2n) is 6.36. The summed E-state index contributed by atoms with van der Waals surface area (Å²) in [5, 5.41) is 11.9. The largest absolute Gasteiger partial charge is 0.497 e. The third-order valence-corrected chi connectivity index (χ3v) is 5.20. The number of amides is 1. The smallest absolute Gasteiger partial charge is 0.282 e. The summed E-state index contributed by atoms with van der Waals surface area (Å²) in [6.45, 7) is 0.945. The molecular formula is C19H21ClN4O4S. The summed E-state index contributed by atoms with van der Waals surface area (Å²) in [7, 11) is 5.39. The number of aromatic nitrogens is 1. The maximum Gasteiger partial charge on any atom is 0.282 e. The average molecular weight is 437 g/mol. The van der Waals surface area contributed by atoms with Crippen LogP contribution < -0.4 is 9.64 Å². The van der Waals surface area contributed by atoms with E-state index in [9.17, 15) is 14.9 Å². The molecule has 0 aliphatic heterocycles. The monoisotopic (exact) mass is 436 g/mol. The molecule has 0 saturated heterocycles. The van der Waals surface area contributed by atoms with E-state index in [4.69, 9.17) is 4.74 Å². The minimum Gasteiger partial charge on any atom is -0.497 e. The summed E-state index contributed by atoms with van der Waals surface area (Å²) in [6.07, 6.45) is 0. The van der Waals surface area contributed by atoms with Gasteiger partial charge in [-0.3, -0.25) is 19.8 Å². The lowest BCUT2D eigenvalue weighted by Crippen LogP contribution is -2.37. The van der Waals surface area contributed by atoms with E-state index in [2.05, 4.69) is 4.98 Å². The fourth-order valence-corrected chi connectivity index (χ4v) is 3.70. The van der Waals surface area contributed by atoms with E-state index in [1.165, 1.54) is 28.4 Å². The summed E-state index contributed by atoms with van der Waals surface area (Å²) in [4.78, 5) is 32.1. The molecule has 2 aromatic carbocycles. The molecule has 0 fully saturated rings. The molecule has 0 unspecified atom stereocenters. The molecule has 1 heterocycles. The van der Waals surface area contributed by atoms with E-state index < -0.39 is 10.8 Å². The Labute approximate surface area is 178 Å². The summed E-state index contributed by atoms with van der Waals surface area (Å²) in [6, 6.07) is 11.5. The predicted octanol–water partition coefficient (Wildman–Crippen LogP) is 3.84. The van der Waals surface area contributed by atoms with E-state index in [0.29, 0.717) is 24.0 Å². The number of fused-ring (bicyclic) bond motifs is 1. The van der Waals surface area contributed by atoms with Gasteiger partial charge < -0.3 is 9.64 Å². The van der Waals surface area contributed by atoms with Gasteiger partial charge in [0, 0.05) is 19.2 Å². The zero-order valence-corrected chi connectivity index (χ0v) is 17.8. The minimum atomic E-state index is -0.541. The SMILES string of the molecule is COc1ccc2nc(N(CCN(C)C)C(=O)c3ccccc3[N+](=O)[O-])sc2c1.Cl. The molecule has 10 heteroatoms. The van der Waals surface area contributed by atoms with Crippen molar-refractivity contribution in [3.8, 4) is 5.75 Å². The molecule has 0 saturated carbocycles. The van der Waals surface area contributed by atoms with Gasteiger partial charge in [-0.05, 0) is 38.4 Å². The first-order valence-electron chi connectivity index (χ1n) is 8.55. The second kappa shape index (κ2) is 9.64. The number of ether oxygens (including phenoxy) is 1. The van der Waals surface area contributed by atoms with Crippen molar-refractivity contribution >= 4 is 50.7 Å². The zero-order valence-electron chi connectivity index (χ0n) is 16.2. The molecule has 0 radical (unpaired) electrons. The van der Waals surface area contributed by atoms with Crippen LogP contribution >= 0.6 is 23.7 Å². The van der Waals surface area contributed by atoms with Crippen molar-refractivity contribution in [2.24, 2.45) is 0 Å². The number of nitro groups is 1. The molecule has 0 aliphatic carbocycles. The normalized spacial score (nSPS) is 10.6. The van der Waals surface area contributed by atoms with Gasteiger partial charge in [-0.25, -0.2) is 4.98 Å². The Morgan fingerprint density at radius 2 is 1.93 bits per heavy atom. The first-order chi connectivity index (χ1) is 13.4. The third kappa shape index (κ3) is 5.00. The lowest BCUT2D eigenvalue weighted by atomic mass is 10.1. The number of carbonyl (C=O) groups is 1. The molecule has 1 amide bonds. The van der Waals surface area contributed by atoms with Crippen LogP contribution in [0.4, 0.5) is 10.8 Å². The maximum atomic E-state index is 13.2. The first-order valence-corrected chi connectivity index (χ1v) is 9.37. The van der Waals surface area contributed by atoms with Crippen molar-refractivity contribution in [3.05, 3.63) is 58.1 Å². The Hall–Kier alpha value is -2.75. The number of likely N-dealkylation sites (N-methyl/N-ethyl adjacent to an activating group) is 1. The predicted molar refractivity (Wildman–Crippen MR) is 117 cm³/mol. The number of hydrogen-bond acceptors (Lipinski definition) is 7. The number of benzene rings is 2. The Bertz CT molecular complexity index is 1020. The topological polar surface area (TPSA) is 88.8 Å². The number of anilines is 1. The molecule has 8 nitrogen and oxygen atoms in total. The number of rotatable bonds is 7. The Morgan fingerprint density at radius 3 is 2.59 bits per heavy atom. The molecule has 0 aliphatic rings. The summed E-state index contributed by atoms with van der Waals surface area (Å²) in [5.74, 6) is 0.257. The van der Waals surface area contributed by atoms with Gasteiger partial charge in [0.2, 0.25) is 0 Å². The third-order valence-electron chi connectivity index (χ3n) is 4.16. The molecule has 0 spiro atoms. The number of thiazole rings is 1. The van der Waals surface area contributed by atoms with Gasteiger partial charge in [-0.1, -0.05) is 23.5 Å². The summed E-state index contributed by atoms with van der Waals surface area (Å²) in [5.41, 5.74) is 0.569. The number of hydrogen-bond donors (Lipinski definition) is 0. The number of carbonyl (C=O) groups excluding carboxylic acids is 1. The van der Waals surface area contributed by atoms with Crippen LogP contribution in [0.15, 0.2) is 42.5 Å². The molecule has 0 atom stereocenters. The van der Waals surface area contributed by atoms with Crippen LogP contribution in [0.5, 0.6) is 5.75 Å². The molecule has 3 rings (SSSR count). The summed E-state index contributed by atoms with van der Waals surface area (Å²) < 4.78 is 6.12. The van der Waals surface area contributed by atoms with E-state index >= 15 is 0 Å². The van der Waals surface area contributed by atoms with Gasteiger partial charge >= 0.3 is 0 Å². The van der Waals surface area contributed by atoms with Crippen LogP contribution in [0.3, 0.4) is 0 Å². The number of methoxy groups -OCH3 is 1. The Kier molecular flexibility index (Phi) is 7.49. The van der Waals surface area contributed by atoms with Gasteiger partial charge in [-0.15, -0.1) is 12.4 Å². The Balaban J connectivity index is 0.00000300. The van der Waals surface area contributed by atoms with Gasteiger partial charge in [0.15, 0.2) is 5.13 Å². The van der Waals surface area contributed by atoms with Gasteiger partial charge in [0.25, 0.3) is 11.6 Å².